The van der Waals surface area contributed by atoms with Gasteiger partial charge in [-0.25, -0.2) is 0 Å². The van der Waals surface area contributed by atoms with Crippen molar-refractivity contribution in [2.24, 2.45) is 0 Å². The summed E-state index contributed by atoms with van der Waals surface area (Å²) in [4.78, 5) is 12.1. The quantitative estimate of drug-likeness (QED) is 0.794. The molecule has 21 heavy (non-hydrogen) atoms. The molecule has 0 aromatic heterocycles. The molecular formula is C16H16ClNO3. The molecule has 0 radical (unpaired) electrons. The first-order valence-electron chi connectivity index (χ1n) is 6.54. The van der Waals surface area contributed by atoms with Crippen LogP contribution in [0, 0.1) is 0 Å². The van der Waals surface area contributed by atoms with E-state index in [0.717, 1.165) is 5.56 Å². The topological polar surface area (TPSA) is 69.6 Å². The largest absolute Gasteiger partial charge is 0.508 e. The molecule has 0 fully saturated rings. The number of halogens is 1. The fraction of sp³-hybridized carbons (Fsp3) is 0.188. The van der Waals surface area contributed by atoms with E-state index in [-0.39, 0.29) is 18.3 Å². The lowest BCUT2D eigenvalue weighted by atomic mass is 10.1. The van der Waals surface area contributed by atoms with Gasteiger partial charge in [-0.05, 0) is 36.2 Å². The number of carbonyl (C=O) groups excluding carboxylic acids is 1. The first kappa shape index (κ1) is 15.4. The van der Waals surface area contributed by atoms with Gasteiger partial charge in [-0.3, -0.25) is 4.79 Å². The van der Waals surface area contributed by atoms with Crippen molar-refractivity contribution in [1.82, 2.24) is 5.32 Å². The van der Waals surface area contributed by atoms with Crippen LogP contribution >= 0.6 is 11.6 Å². The van der Waals surface area contributed by atoms with Crippen molar-refractivity contribution < 1.29 is 15.0 Å². The number of rotatable bonds is 5. The zero-order chi connectivity index (χ0) is 15.2. The molecule has 5 heteroatoms. The van der Waals surface area contributed by atoms with Crippen LogP contribution in [0.5, 0.6) is 5.75 Å². The zero-order valence-corrected chi connectivity index (χ0v) is 12.0. The highest BCUT2D eigenvalue weighted by molar-refractivity contribution is 6.33. The Balaban J connectivity index is 2.04. The van der Waals surface area contributed by atoms with Crippen LogP contribution in [-0.4, -0.2) is 28.8 Å². The Morgan fingerprint density at radius 2 is 1.81 bits per heavy atom. The molecule has 1 amide bonds. The zero-order valence-electron chi connectivity index (χ0n) is 11.3. The average Bonchev–Trinajstić information content (AvgIpc) is 2.49. The molecule has 4 nitrogen and oxygen atoms in total. The van der Waals surface area contributed by atoms with E-state index in [2.05, 4.69) is 5.32 Å². The summed E-state index contributed by atoms with van der Waals surface area (Å²) < 4.78 is 0. The third-order valence-corrected chi connectivity index (χ3v) is 3.42. The minimum absolute atomic E-state index is 0.180. The van der Waals surface area contributed by atoms with Crippen molar-refractivity contribution in [3.8, 4) is 5.75 Å². The maximum absolute atomic E-state index is 12.1. The highest BCUT2D eigenvalue weighted by Crippen LogP contribution is 2.15. The Bertz CT molecular complexity index is 613. The highest BCUT2D eigenvalue weighted by Gasteiger charge is 2.15. The lowest BCUT2D eigenvalue weighted by Gasteiger charge is -2.17. The molecule has 0 aliphatic rings. The summed E-state index contributed by atoms with van der Waals surface area (Å²) in [6.07, 6.45) is 0.465. The molecule has 3 N–H and O–H groups in total. The number of nitrogens with one attached hydrogen (secondary N) is 1. The van der Waals surface area contributed by atoms with E-state index < -0.39 is 6.04 Å². The van der Waals surface area contributed by atoms with Crippen LogP contribution in [0.3, 0.4) is 0 Å². The number of benzene rings is 2. The summed E-state index contributed by atoms with van der Waals surface area (Å²) in [5.41, 5.74) is 1.29. The first-order valence-corrected chi connectivity index (χ1v) is 6.92. The summed E-state index contributed by atoms with van der Waals surface area (Å²) in [7, 11) is 0. The van der Waals surface area contributed by atoms with Gasteiger partial charge >= 0.3 is 0 Å². The highest BCUT2D eigenvalue weighted by atomic mass is 35.5. The fourth-order valence-electron chi connectivity index (χ4n) is 1.99. The second-order valence-corrected chi connectivity index (χ2v) is 5.11. The van der Waals surface area contributed by atoms with E-state index >= 15 is 0 Å². The number of hydrogen-bond donors (Lipinski definition) is 3. The fourth-order valence-corrected chi connectivity index (χ4v) is 2.21. The van der Waals surface area contributed by atoms with Crippen molar-refractivity contribution in [3.05, 3.63) is 64.7 Å². The maximum atomic E-state index is 12.1. The number of carbonyl (C=O) groups is 1. The molecule has 0 bridgehead atoms. The molecule has 0 heterocycles. The van der Waals surface area contributed by atoms with E-state index in [0.29, 0.717) is 17.0 Å². The molecule has 0 saturated heterocycles. The lowest BCUT2D eigenvalue weighted by molar-refractivity contribution is 0.0916. The minimum Gasteiger partial charge on any atom is -0.508 e. The number of phenols is 1. The molecule has 0 spiro atoms. The number of phenolic OH excluding ortho intramolecular Hbond substituents is 1. The van der Waals surface area contributed by atoms with Gasteiger partial charge in [0.25, 0.3) is 5.91 Å². The van der Waals surface area contributed by atoms with Gasteiger partial charge in [-0.1, -0.05) is 35.9 Å². The van der Waals surface area contributed by atoms with Gasteiger partial charge < -0.3 is 15.5 Å². The van der Waals surface area contributed by atoms with Gasteiger partial charge in [0.15, 0.2) is 0 Å². The van der Waals surface area contributed by atoms with Crippen molar-refractivity contribution in [2.75, 3.05) is 6.61 Å². The summed E-state index contributed by atoms with van der Waals surface area (Å²) in [5.74, 6) is -0.141. The molecule has 2 aromatic carbocycles. The Morgan fingerprint density at radius 3 is 2.43 bits per heavy atom. The second kappa shape index (κ2) is 7.11. The van der Waals surface area contributed by atoms with Gasteiger partial charge in [-0.15, -0.1) is 0 Å². The molecule has 0 aliphatic carbocycles. The number of amides is 1. The average molecular weight is 306 g/mol. The third-order valence-electron chi connectivity index (χ3n) is 3.09. The van der Waals surface area contributed by atoms with Gasteiger partial charge in [0, 0.05) is 0 Å². The maximum Gasteiger partial charge on any atom is 0.253 e. The predicted molar refractivity (Wildman–Crippen MR) is 81.6 cm³/mol. The normalized spacial score (nSPS) is 11.9. The van der Waals surface area contributed by atoms with Crippen LogP contribution in [0.2, 0.25) is 5.02 Å². The third kappa shape index (κ3) is 4.21. The van der Waals surface area contributed by atoms with Crippen LogP contribution in [0.25, 0.3) is 0 Å². The first-order chi connectivity index (χ1) is 10.1. The van der Waals surface area contributed by atoms with E-state index in [1.807, 2.05) is 0 Å². The standard InChI is InChI=1S/C16H16ClNO3/c17-15-4-2-1-3-14(15)16(21)18-12(10-19)9-11-5-7-13(20)8-6-11/h1-8,12,19-20H,9-10H2,(H,18,21)/t12-/m0/s1. The van der Waals surface area contributed by atoms with Crippen LogP contribution in [0.4, 0.5) is 0 Å². The number of hydrogen-bond acceptors (Lipinski definition) is 3. The molecular weight excluding hydrogens is 290 g/mol. The molecule has 0 saturated carbocycles. The Labute approximate surface area is 128 Å². The molecule has 0 aliphatic heterocycles. The monoisotopic (exact) mass is 305 g/mol. The smallest absolute Gasteiger partial charge is 0.253 e. The predicted octanol–water partition coefficient (Wildman–Crippen LogP) is 2.38. The van der Waals surface area contributed by atoms with E-state index in [1.54, 1.807) is 48.5 Å². The van der Waals surface area contributed by atoms with Crippen molar-refractivity contribution >= 4 is 17.5 Å². The van der Waals surface area contributed by atoms with E-state index in [4.69, 9.17) is 11.6 Å². The summed E-state index contributed by atoms with van der Waals surface area (Å²) in [6.45, 7) is -0.183. The van der Waals surface area contributed by atoms with Crippen molar-refractivity contribution in [2.45, 2.75) is 12.5 Å². The second-order valence-electron chi connectivity index (χ2n) is 4.70. The Hall–Kier alpha value is -2.04. The van der Waals surface area contributed by atoms with Gasteiger partial charge in [-0.2, -0.15) is 0 Å². The van der Waals surface area contributed by atoms with Crippen LogP contribution in [0.1, 0.15) is 15.9 Å². The van der Waals surface area contributed by atoms with Crippen LogP contribution in [0.15, 0.2) is 48.5 Å². The molecule has 1 atom stereocenters. The molecule has 2 rings (SSSR count). The van der Waals surface area contributed by atoms with Gasteiger partial charge in [0.2, 0.25) is 0 Å². The number of aromatic hydroxyl groups is 1. The van der Waals surface area contributed by atoms with Crippen LogP contribution < -0.4 is 5.32 Å². The van der Waals surface area contributed by atoms with E-state index in [1.165, 1.54) is 0 Å². The Kier molecular flexibility index (Phi) is 5.20. The lowest BCUT2D eigenvalue weighted by Crippen LogP contribution is -2.39. The molecule has 0 unspecified atom stereocenters. The SMILES string of the molecule is O=C(N[C@H](CO)Cc1ccc(O)cc1)c1ccccc1Cl. The summed E-state index contributed by atoms with van der Waals surface area (Å²) in [5, 5.41) is 21.8. The number of aliphatic hydroxyl groups is 1. The number of aliphatic hydroxyl groups excluding tert-OH is 1. The minimum atomic E-state index is -0.418. The van der Waals surface area contributed by atoms with Gasteiger partial charge in [0.1, 0.15) is 5.75 Å². The molecule has 2 aromatic rings. The van der Waals surface area contributed by atoms with E-state index in [9.17, 15) is 15.0 Å². The molecule has 110 valence electrons. The van der Waals surface area contributed by atoms with Gasteiger partial charge in [0.05, 0.1) is 23.2 Å². The summed E-state index contributed by atoms with van der Waals surface area (Å²) >= 11 is 5.97. The summed E-state index contributed by atoms with van der Waals surface area (Å²) in [6, 6.07) is 13.0. The van der Waals surface area contributed by atoms with Crippen molar-refractivity contribution in [1.29, 1.82) is 0 Å². The Morgan fingerprint density at radius 1 is 1.14 bits per heavy atom. The van der Waals surface area contributed by atoms with Crippen molar-refractivity contribution in [3.63, 3.8) is 0 Å². The van der Waals surface area contributed by atoms with Crippen LogP contribution in [-0.2, 0) is 6.42 Å².